The summed E-state index contributed by atoms with van der Waals surface area (Å²) in [4.78, 5) is 4.57. The summed E-state index contributed by atoms with van der Waals surface area (Å²) in [7, 11) is 0. The highest BCUT2D eigenvalue weighted by molar-refractivity contribution is 5.37. The van der Waals surface area contributed by atoms with Gasteiger partial charge in [0.15, 0.2) is 0 Å². The van der Waals surface area contributed by atoms with Gasteiger partial charge in [0.05, 0.1) is 18.2 Å². The van der Waals surface area contributed by atoms with Gasteiger partial charge in [-0.1, -0.05) is 37.5 Å². The predicted molar refractivity (Wildman–Crippen MR) is 78.3 cm³/mol. The van der Waals surface area contributed by atoms with Gasteiger partial charge in [0.25, 0.3) is 0 Å². The molecule has 3 nitrogen and oxygen atoms in total. The second kappa shape index (κ2) is 5.92. The van der Waals surface area contributed by atoms with Crippen LogP contribution in [0.2, 0.25) is 0 Å². The summed E-state index contributed by atoms with van der Waals surface area (Å²) < 4.78 is 2.21. The minimum atomic E-state index is 0.591. The molecule has 102 valence electrons. The van der Waals surface area contributed by atoms with E-state index in [0.717, 1.165) is 17.7 Å². The lowest BCUT2D eigenvalue weighted by Crippen LogP contribution is -2.13. The lowest BCUT2D eigenvalue weighted by Gasteiger charge is -2.22. The standard InChI is InChI=1S/C17H19N3/c18-12-15-8-4-5-9-16(15)13-20-11-10-19-17(20)14-6-2-1-3-7-14/h4-5,8-11,14H,1-3,6-7,13H2. The zero-order chi connectivity index (χ0) is 13.8. The Morgan fingerprint density at radius 2 is 2.00 bits per heavy atom. The van der Waals surface area contributed by atoms with Crippen molar-refractivity contribution in [3.8, 4) is 6.07 Å². The van der Waals surface area contributed by atoms with Crippen LogP contribution in [-0.4, -0.2) is 9.55 Å². The highest BCUT2D eigenvalue weighted by Gasteiger charge is 2.20. The van der Waals surface area contributed by atoms with Crippen LogP contribution in [0.1, 0.15) is 55.0 Å². The van der Waals surface area contributed by atoms with E-state index in [1.54, 1.807) is 0 Å². The van der Waals surface area contributed by atoms with E-state index in [0.29, 0.717) is 5.92 Å². The number of hydrogen-bond donors (Lipinski definition) is 0. The normalized spacial score (nSPS) is 15.9. The second-order valence-corrected chi connectivity index (χ2v) is 5.52. The summed E-state index contributed by atoms with van der Waals surface area (Å²) in [6.45, 7) is 0.746. The van der Waals surface area contributed by atoms with Gasteiger partial charge in [-0.05, 0) is 24.5 Å². The van der Waals surface area contributed by atoms with Gasteiger partial charge < -0.3 is 4.57 Å². The number of aromatic nitrogens is 2. The quantitative estimate of drug-likeness (QED) is 0.845. The molecule has 0 unspecified atom stereocenters. The van der Waals surface area contributed by atoms with Crippen LogP contribution in [0.25, 0.3) is 0 Å². The third-order valence-corrected chi connectivity index (χ3v) is 4.20. The van der Waals surface area contributed by atoms with Crippen LogP contribution >= 0.6 is 0 Å². The van der Waals surface area contributed by atoms with Gasteiger partial charge in [0.2, 0.25) is 0 Å². The van der Waals surface area contributed by atoms with Crippen molar-refractivity contribution < 1.29 is 0 Å². The van der Waals surface area contributed by atoms with Crippen LogP contribution in [-0.2, 0) is 6.54 Å². The minimum absolute atomic E-state index is 0.591. The number of benzene rings is 1. The fourth-order valence-electron chi connectivity index (χ4n) is 3.13. The molecule has 0 spiro atoms. The van der Waals surface area contributed by atoms with E-state index in [1.807, 2.05) is 36.7 Å². The molecule has 3 heteroatoms. The fraction of sp³-hybridized carbons (Fsp3) is 0.412. The molecule has 0 radical (unpaired) electrons. The summed E-state index contributed by atoms with van der Waals surface area (Å²) in [5.74, 6) is 1.78. The first-order valence-corrected chi connectivity index (χ1v) is 7.37. The Kier molecular flexibility index (Phi) is 3.83. The van der Waals surface area contributed by atoms with Gasteiger partial charge >= 0.3 is 0 Å². The maximum Gasteiger partial charge on any atom is 0.112 e. The summed E-state index contributed by atoms with van der Waals surface area (Å²) in [6, 6.07) is 10.1. The van der Waals surface area contributed by atoms with Crippen LogP contribution in [0.4, 0.5) is 0 Å². The first-order chi connectivity index (χ1) is 9.88. The lowest BCUT2D eigenvalue weighted by molar-refractivity contribution is 0.418. The number of nitrogens with zero attached hydrogens (tertiary/aromatic N) is 3. The molecule has 1 fully saturated rings. The van der Waals surface area contributed by atoms with Gasteiger partial charge in [-0.3, -0.25) is 0 Å². The predicted octanol–water partition coefficient (Wildman–Crippen LogP) is 3.85. The first kappa shape index (κ1) is 12.9. The smallest absolute Gasteiger partial charge is 0.112 e. The number of imidazole rings is 1. The van der Waals surface area contributed by atoms with E-state index in [1.165, 1.54) is 37.9 Å². The van der Waals surface area contributed by atoms with Crippen molar-refractivity contribution in [2.75, 3.05) is 0 Å². The molecule has 0 amide bonds. The van der Waals surface area contributed by atoms with Crippen LogP contribution in [0.15, 0.2) is 36.7 Å². The average Bonchev–Trinajstić information content (AvgIpc) is 2.97. The SMILES string of the molecule is N#Cc1ccccc1Cn1ccnc1C1CCCCC1. The molecule has 2 aromatic rings. The Labute approximate surface area is 119 Å². The summed E-state index contributed by atoms with van der Waals surface area (Å²) >= 11 is 0. The summed E-state index contributed by atoms with van der Waals surface area (Å²) in [6.07, 6.45) is 10.4. The Morgan fingerprint density at radius 1 is 1.20 bits per heavy atom. The van der Waals surface area contributed by atoms with Crippen molar-refractivity contribution in [1.82, 2.24) is 9.55 Å². The van der Waals surface area contributed by atoms with E-state index >= 15 is 0 Å². The number of rotatable bonds is 3. The highest BCUT2D eigenvalue weighted by Crippen LogP contribution is 2.31. The molecule has 1 heterocycles. The topological polar surface area (TPSA) is 41.6 Å². The molecule has 1 aliphatic carbocycles. The van der Waals surface area contributed by atoms with Gasteiger partial charge in [0, 0.05) is 18.3 Å². The molecule has 1 saturated carbocycles. The third kappa shape index (κ3) is 2.60. The van der Waals surface area contributed by atoms with Crippen molar-refractivity contribution in [2.24, 2.45) is 0 Å². The monoisotopic (exact) mass is 265 g/mol. The van der Waals surface area contributed by atoms with Crippen molar-refractivity contribution in [3.05, 3.63) is 53.6 Å². The number of hydrogen-bond acceptors (Lipinski definition) is 2. The van der Waals surface area contributed by atoms with Crippen molar-refractivity contribution in [1.29, 1.82) is 5.26 Å². The lowest BCUT2D eigenvalue weighted by atomic mass is 9.88. The Morgan fingerprint density at radius 3 is 2.80 bits per heavy atom. The zero-order valence-electron chi connectivity index (χ0n) is 11.6. The van der Waals surface area contributed by atoms with Crippen LogP contribution in [0.5, 0.6) is 0 Å². The molecule has 20 heavy (non-hydrogen) atoms. The Balaban J connectivity index is 1.85. The highest BCUT2D eigenvalue weighted by atomic mass is 15.1. The Bertz CT molecular complexity index is 615. The van der Waals surface area contributed by atoms with Gasteiger partial charge in [-0.25, -0.2) is 4.98 Å². The molecular formula is C17H19N3. The van der Waals surface area contributed by atoms with E-state index in [9.17, 15) is 5.26 Å². The molecule has 0 bridgehead atoms. The van der Waals surface area contributed by atoms with Crippen molar-refractivity contribution in [2.45, 2.75) is 44.6 Å². The van der Waals surface area contributed by atoms with E-state index in [4.69, 9.17) is 0 Å². The number of nitriles is 1. The van der Waals surface area contributed by atoms with Gasteiger partial charge in [0.1, 0.15) is 5.82 Å². The van der Waals surface area contributed by atoms with Crippen molar-refractivity contribution in [3.63, 3.8) is 0 Å². The molecular weight excluding hydrogens is 246 g/mol. The molecule has 1 aromatic heterocycles. The molecule has 1 aromatic carbocycles. The minimum Gasteiger partial charge on any atom is -0.330 e. The van der Waals surface area contributed by atoms with Crippen LogP contribution in [0, 0.1) is 11.3 Å². The van der Waals surface area contributed by atoms with E-state index in [2.05, 4.69) is 15.6 Å². The molecule has 0 saturated heterocycles. The maximum atomic E-state index is 9.19. The average molecular weight is 265 g/mol. The molecule has 3 rings (SSSR count). The maximum absolute atomic E-state index is 9.19. The molecule has 1 aliphatic rings. The van der Waals surface area contributed by atoms with E-state index in [-0.39, 0.29) is 0 Å². The molecule has 0 atom stereocenters. The molecule has 0 N–H and O–H groups in total. The van der Waals surface area contributed by atoms with Gasteiger partial charge in [-0.2, -0.15) is 5.26 Å². The van der Waals surface area contributed by atoms with Gasteiger partial charge in [-0.15, -0.1) is 0 Å². The third-order valence-electron chi connectivity index (χ3n) is 4.20. The van der Waals surface area contributed by atoms with Crippen LogP contribution in [0.3, 0.4) is 0 Å². The summed E-state index contributed by atoms with van der Waals surface area (Å²) in [5, 5.41) is 9.19. The molecule has 0 aliphatic heterocycles. The fourth-order valence-corrected chi connectivity index (χ4v) is 3.13. The largest absolute Gasteiger partial charge is 0.330 e. The van der Waals surface area contributed by atoms with E-state index < -0.39 is 0 Å². The Hall–Kier alpha value is -2.08. The second-order valence-electron chi connectivity index (χ2n) is 5.52. The first-order valence-electron chi connectivity index (χ1n) is 7.37. The zero-order valence-corrected chi connectivity index (χ0v) is 11.6. The van der Waals surface area contributed by atoms with Crippen molar-refractivity contribution >= 4 is 0 Å². The van der Waals surface area contributed by atoms with Crippen LogP contribution < -0.4 is 0 Å². The summed E-state index contributed by atoms with van der Waals surface area (Å²) in [5.41, 5.74) is 1.83.